The Labute approximate surface area is 100 Å². The number of benzene rings is 1. The maximum absolute atomic E-state index is 13.4. The third-order valence-corrected chi connectivity index (χ3v) is 4.16. The predicted molar refractivity (Wildman–Crippen MR) is 63.1 cm³/mol. The van der Waals surface area contributed by atoms with E-state index in [-0.39, 0.29) is 5.82 Å². The zero-order valence-corrected chi connectivity index (χ0v) is 10.0. The van der Waals surface area contributed by atoms with Crippen molar-refractivity contribution in [1.82, 2.24) is 4.98 Å². The van der Waals surface area contributed by atoms with Crippen molar-refractivity contribution in [3.8, 4) is 0 Å². The van der Waals surface area contributed by atoms with E-state index >= 15 is 0 Å². The van der Waals surface area contributed by atoms with E-state index in [1.807, 2.05) is 5.38 Å². The van der Waals surface area contributed by atoms with Crippen LogP contribution in [0.25, 0.3) is 0 Å². The molecule has 0 fully saturated rings. The summed E-state index contributed by atoms with van der Waals surface area (Å²) < 4.78 is 14.3. The normalized spacial score (nSPS) is 10.5. The minimum absolute atomic E-state index is 0.258. The van der Waals surface area contributed by atoms with Crippen LogP contribution >= 0.6 is 34.7 Å². The fourth-order valence-corrected chi connectivity index (χ4v) is 3.07. The summed E-state index contributed by atoms with van der Waals surface area (Å²) >= 11 is 8.93. The van der Waals surface area contributed by atoms with Gasteiger partial charge in [0.2, 0.25) is 0 Å². The van der Waals surface area contributed by atoms with Gasteiger partial charge in [-0.05, 0) is 12.1 Å². The standard InChI is InChI=1S/C10H7ClFNS2/c11-8-2-1-3-9(12)7(8)6-15-10-13-4-5-14-10/h1-5H,6H2. The minimum atomic E-state index is -0.258. The summed E-state index contributed by atoms with van der Waals surface area (Å²) in [5.41, 5.74) is 0.541. The molecule has 0 atom stereocenters. The average Bonchev–Trinajstić information content (AvgIpc) is 2.70. The molecule has 2 aromatic rings. The Bertz CT molecular complexity index is 424. The second kappa shape index (κ2) is 4.96. The molecule has 15 heavy (non-hydrogen) atoms. The SMILES string of the molecule is Fc1cccc(Cl)c1CSc1nccs1. The summed E-state index contributed by atoms with van der Waals surface area (Å²) in [4.78, 5) is 4.11. The lowest BCUT2D eigenvalue weighted by Crippen LogP contribution is -1.88. The summed E-state index contributed by atoms with van der Waals surface area (Å²) in [6, 6.07) is 4.72. The zero-order chi connectivity index (χ0) is 10.7. The molecule has 1 nitrogen and oxygen atoms in total. The molecule has 5 heteroatoms. The van der Waals surface area contributed by atoms with Gasteiger partial charge in [0.25, 0.3) is 0 Å². The van der Waals surface area contributed by atoms with Crippen LogP contribution in [0.3, 0.4) is 0 Å². The number of thiazole rings is 1. The minimum Gasteiger partial charge on any atom is -0.238 e. The quantitative estimate of drug-likeness (QED) is 0.765. The predicted octanol–water partition coefficient (Wildman–Crippen LogP) is 4.23. The van der Waals surface area contributed by atoms with E-state index in [4.69, 9.17) is 11.6 Å². The topological polar surface area (TPSA) is 12.9 Å². The van der Waals surface area contributed by atoms with E-state index in [1.165, 1.54) is 17.8 Å². The first-order valence-electron chi connectivity index (χ1n) is 4.22. The molecule has 0 bridgehead atoms. The number of nitrogens with zero attached hydrogens (tertiary/aromatic N) is 1. The van der Waals surface area contributed by atoms with Crippen molar-refractivity contribution in [2.45, 2.75) is 10.1 Å². The summed E-state index contributed by atoms with van der Waals surface area (Å²) in [7, 11) is 0. The molecular formula is C10H7ClFNS2. The van der Waals surface area contributed by atoms with Gasteiger partial charge in [0.15, 0.2) is 0 Å². The number of rotatable bonds is 3. The molecule has 0 aliphatic heterocycles. The second-order valence-electron chi connectivity index (χ2n) is 2.79. The first-order valence-corrected chi connectivity index (χ1v) is 6.47. The fraction of sp³-hybridized carbons (Fsp3) is 0.100. The van der Waals surface area contributed by atoms with E-state index in [0.717, 1.165) is 4.34 Å². The van der Waals surface area contributed by atoms with E-state index in [9.17, 15) is 4.39 Å². The van der Waals surface area contributed by atoms with Crippen LogP contribution in [0.4, 0.5) is 4.39 Å². The molecule has 0 saturated heterocycles. The van der Waals surface area contributed by atoms with Crippen LogP contribution in [0, 0.1) is 5.82 Å². The molecule has 1 aromatic heterocycles. The molecule has 1 heterocycles. The van der Waals surface area contributed by atoms with Crippen molar-refractivity contribution in [1.29, 1.82) is 0 Å². The molecule has 0 aliphatic rings. The molecule has 0 spiro atoms. The van der Waals surface area contributed by atoms with E-state index < -0.39 is 0 Å². The number of thioether (sulfide) groups is 1. The monoisotopic (exact) mass is 259 g/mol. The Morgan fingerprint density at radius 1 is 1.47 bits per heavy atom. The number of halogens is 2. The maximum Gasteiger partial charge on any atom is 0.150 e. The lowest BCUT2D eigenvalue weighted by Gasteiger charge is -2.03. The van der Waals surface area contributed by atoms with Crippen molar-refractivity contribution >= 4 is 34.7 Å². The molecule has 78 valence electrons. The van der Waals surface area contributed by atoms with Crippen molar-refractivity contribution in [2.24, 2.45) is 0 Å². The number of hydrogen-bond donors (Lipinski definition) is 0. The Hall–Kier alpha value is -0.580. The Kier molecular flexibility index (Phi) is 3.61. The molecule has 2 rings (SSSR count). The van der Waals surface area contributed by atoms with Crippen molar-refractivity contribution in [3.05, 3.63) is 46.2 Å². The molecule has 0 unspecified atom stereocenters. The van der Waals surface area contributed by atoms with Crippen molar-refractivity contribution < 1.29 is 4.39 Å². The van der Waals surface area contributed by atoms with Gasteiger partial charge in [0.05, 0.1) is 0 Å². The smallest absolute Gasteiger partial charge is 0.150 e. The molecule has 0 N–H and O–H groups in total. The van der Waals surface area contributed by atoms with E-state index in [0.29, 0.717) is 16.3 Å². The van der Waals surface area contributed by atoms with Crippen LogP contribution in [-0.4, -0.2) is 4.98 Å². The highest BCUT2D eigenvalue weighted by atomic mass is 35.5. The lowest BCUT2D eigenvalue weighted by atomic mass is 10.2. The summed E-state index contributed by atoms with van der Waals surface area (Å²) in [6.45, 7) is 0. The summed E-state index contributed by atoms with van der Waals surface area (Å²) in [5, 5.41) is 2.37. The average molecular weight is 260 g/mol. The highest BCUT2D eigenvalue weighted by Gasteiger charge is 2.07. The van der Waals surface area contributed by atoms with E-state index in [1.54, 1.807) is 29.7 Å². The van der Waals surface area contributed by atoms with Crippen molar-refractivity contribution in [2.75, 3.05) is 0 Å². The fourth-order valence-electron chi connectivity index (χ4n) is 1.09. The number of hydrogen-bond acceptors (Lipinski definition) is 3. The van der Waals surface area contributed by atoms with Crippen LogP contribution in [-0.2, 0) is 5.75 Å². The zero-order valence-electron chi connectivity index (χ0n) is 7.61. The van der Waals surface area contributed by atoms with Crippen LogP contribution in [0.2, 0.25) is 5.02 Å². The summed E-state index contributed by atoms with van der Waals surface area (Å²) in [5.74, 6) is 0.255. The third kappa shape index (κ3) is 2.71. The van der Waals surface area contributed by atoms with Crippen LogP contribution in [0.5, 0.6) is 0 Å². The molecule has 0 saturated carbocycles. The van der Waals surface area contributed by atoms with Gasteiger partial charge in [0.1, 0.15) is 10.2 Å². The van der Waals surface area contributed by atoms with Gasteiger partial charge in [-0.2, -0.15) is 0 Å². The van der Waals surface area contributed by atoms with Crippen molar-refractivity contribution in [3.63, 3.8) is 0 Å². The molecule has 0 aliphatic carbocycles. The van der Waals surface area contributed by atoms with Gasteiger partial charge in [0, 0.05) is 27.9 Å². The van der Waals surface area contributed by atoms with Gasteiger partial charge < -0.3 is 0 Å². The van der Waals surface area contributed by atoms with Crippen LogP contribution in [0.15, 0.2) is 34.1 Å². The Balaban J connectivity index is 2.11. The molecular weight excluding hydrogens is 253 g/mol. The van der Waals surface area contributed by atoms with Gasteiger partial charge >= 0.3 is 0 Å². The largest absolute Gasteiger partial charge is 0.238 e. The molecule has 0 radical (unpaired) electrons. The first kappa shape index (κ1) is 10.9. The summed E-state index contributed by atoms with van der Waals surface area (Å²) in [6.07, 6.45) is 1.73. The van der Waals surface area contributed by atoms with Gasteiger partial charge in [-0.3, -0.25) is 0 Å². The third-order valence-electron chi connectivity index (χ3n) is 1.81. The first-order chi connectivity index (χ1) is 7.27. The van der Waals surface area contributed by atoms with Gasteiger partial charge in [-0.15, -0.1) is 11.3 Å². The second-order valence-corrected chi connectivity index (χ2v) is 5.31. The number of aromatic nitrogens is 1. The highest BCUT2D eigenvalue weighted by molar-refractivity contribution is 8.00. The maximum atomic E-state index is 13.4. The highest BCUT2D eigenvalue weighted by Crippen LogP contribution is 2.29. The van der Waals surface area contributed by atoms with Gasteiger partial charge in [-0.1, -0.05) is 29.4 Å². The Morgan fingerprint density at radius 2 is 2.33 bits per heavy atom. The van der Waals surface area contributed by atoms with Crippen LogP contribution in [0.1, 0.15) is 5.56 Å². The Morgan fingerprint density at radius 3 is 3.00 bits per heavy atom. The van der Waals surface area contributed by atoms with Gasteiger partial charge in [-0.25, -0.2) is 9.37 Å². The molecule has 1 aromatic carbocycles. The molecule has 0 amide bonds. The van der Waals surface area contributed by atoms with Crippen LogP contribution < -0.4 is 0 Å². The van der Waals surface area contributed by atoms with E-state index in [2.05, 4.69) is 4.98 Å². The lowest BCUT2D eigenvalue weighted by molar-refractivity contribution is 0.617.